The Morgan fingerprint density at radius 1 is 1.26 bits per heavy atom. The van der Waals surface area contributed by atoms with E-state index >= 15 is 0 Å². The van der Waals surface area contributed by atoms with Crippen molar-refractivity contribution < 1.29 is 0 Å². The average molecular weight is 268 g/mol. The molecular weight excluding hydrogens is 236 g/mol. The van der Waals surface area contributed by atoms with E-state index in [0.717, 1.165) is 31.6 Å². The van der Waals surface area contributed by atoms with Crippen LogP contribution < -0.4 is 10.6 Å². The largest absolute Gasteiger partial charge is 0.357 e. The first-order valence-corrected chi connectivity index (χ1v) is 7.88. The molecule has 0 radical (unpaired) electrons. The minimum atomic E-state index is 0.425. The molecular formula is C15H32N4. The van der Waals surface area contributed by atoms with Gasteiger partial charge in [0.2, 0.25) is 0 Å². The van der Waals surface area contributed by atoms with Gasteiger partial charge in [-0.15, -0.1) is 0 Å². The molecule has 0 aromatic rings. The van der Waals surface area contributed by atoms with Crippen LogP contribution in [0.4, 0.5) is 0 Å². The quantitative estimate of drug-likeness (QED) is 0.573. The molecule has 112 valence electrons. The Balaban J connectivity index is 2.31. The maximum absolute atomic E-state index is 4.64. The number of hydrogen-bond donors (Lipinski definition) is 2. The van der Waals surface area contributed by atoms with E-state index in [1.807, 2.05) is 0 Å². The summed E-state index contributed by atoms with van der Waals surface area (Å²) in [5.74, 6) is 0.939. The van der Waals surface area contributed by atoms with Gasteiger partial charge in [-0.25, -0.2) is 0 Å². The molecule has 1 aliphatic rings. The van der Waals surface area contributed by atoms with Gasteiger partial charge in [0.15, 0.2) is 5.96 Å². The van der Waals surface area contributed by atoms with E-state index in [0.29, 0.717) is 6.04 Å². The molecule has 4 nitrogen and oxygen atoms in total. The first-order chi connectivity index (χ1) is 9.13. The Morgan fingerprint density at radius 3 is 2.53 bits per heavy atom. The fraction of sp³-hybridized carbons (Fsp3) is 0.933. The van der Waals surface area contributed by atoms with Crippen LogP contribution in [0.5, 0.6) is 0 Å². The molecule has 0 aromatic heterocycles. The van der Waals surface area contributed by atoms with Gasteiger partial charge in [0, 0.05) is 25.2 Å². The second kappa shape index (κ2) is 9.18. The maximum Gasteiger partial charge on any atom is 0.191 e. The second-order valence-corrected chi connectivity index (χ2v) is 5.83. The van der Waals surface area contributed by atoms with Crippen LogP contribution >= 0.6 is 0 Å². The molecule has 0 atom stereocenters. The van der Waals surface area contributed by atoms with Gasteiger partial charge in [-0.2, -0.15) is 0 Å². The van der Waals surface area contributed by atoms with Crippen LogP contribution in [0.2, 0.25) is 0 Å². The summed E-state index contributed by atoms with van der Waals surface area (Å²) in [7, 11) is 2.24. The first-order valence-electron chi connectivity index (χ1n) is 7.88. The summed E-state index contributed by atoms with van der Waals surface area (Å²) in [4.78, 5) is 7.13. The maximum atomic E-state index is 4.64. The number of rotatable bonds is 6. The topological polar surface area (TPSA) is 39.7 Å². The predicted octanol–water partition coefficient (Wildman–Crippen LogP) is 2.21. The van der Waals surface area contributed by atoms with Crippen LogP contribution in [0, 0.1) is 0 Å². The summed E-state index contributed by atoms with van der Waals surface area (Å²) < 4.78 is 0. The lowest BCUT2D eigenvalue weighted by molar-refractivity contribution is 0.196. The average Bonchev–Trinajstić information content (AvgIpc) is 2.39. The third-order valence-corrected chi connectivity index (χ3v) is 3.69. The standard InChI is InChI=1S/C15H32N4/c1-5-16-15(18-13(2)3)17-11-12-19(4)14-9-7-6-8-10-14/h13-14H,5-12H2,1-4H3,(H2,16,17,18). The van der Waals surface area contributed by atoms with Crippen molar-refractivity contribution in [3.63, 3.8) is 0 Å². The van der Waals surface area contributed by atoms with E-state index in [1.165, 1.54) is 32.1 Å². The monoisotopic (exact) mass is 268 g/mol. The number of hydrogen-bond acceptors (Lipinski definition) is 2. The number of nitrogens with zero attached hydrogens (tertiary/aromatic N) is 2. The third kappa shape index (κ3) is 6.81. The lowest BCUT2D eigenvalue weighted by Crippen LogP contribution is -2.42. The van der Waals surface area contributed by atoms with Crippen molar-refractivity contribution in [3.05, 3.63) is 0 Å². The number of nitrogens with one attached hydrogen (secondary N) is 2. The molecule has 19 heavy (non-hydrogen) atoms. The smallest absolute Gasteiger partial charge is 0.191 e. The minimum absolute atomic E-state index is 0.425. The van der Waals surface area contributed by atoms with E-state index in [1.54, 1.807) is 0 Å². The summed E-state index contributed by atoms with van der Waals surface area (Å²) in [5, 5.41) is 6.64. The molecule has 2 N–H and O–H groups in total. The molecule has 0 spiro atoms. The highest BCUT2D eigenvalue weighted by Crippen LogP contribution is 2.21. The zero-order chi connectivity index (χ0) is 14.1. The minimum Gasteiger partial charge on any atom is -0.357 e. The van der Waals surface area contributed by atoms with Crippen LogP contribution in [-0.2, 0) is 0 Å². The van der Waals surface area contributed by atoms with Crippen molar-refractivity contribution in [2.75, 3.05) is 26.7 Å². The van der Waals surface area contributed by atoms with E-state index in [2.05, 4.69) is 48.3 Å². The van der Waals surface area contributed by atoms with Gasteiger partial charge < -0.3 is 15.5 Å². The molecule has 0 unspecified atom stereocenters. The zero-order valence-corrected chi connectivity index (χ0v) is 13.2. The summed E-state index contributed by atoms with van der Waals surface area (Å²) in [6, 6.07) is 1.21. The Kier molecular flexibility index (Phi) is 7.87. The third-order valence-electron chi connectivity index (χ3n) is 3.69. The summed E-state index contributed by atoms with van der Waals surface area (Å²) >= 11 is 0. The van der Waals surface area contributed by atoms with Gasteiger partial charge in [-0.3, -0.25) is 4.99 Å². The van der Waals surface area contributed by atoms with Crippen LogP contribution in [0.25, 0.3) is 0 Å². The Bertz CT molecular complexity index is 257. The van der Waals surface area contributed by atoms with Crippen LogP contribution in [0.15, 0.2) is 4.99 Å². The van der Waals surface area contributed by atoms with E-state index in [9.17, 15) is 0 Å². The van der Waals surface area contributed by atoms with Crippen molar-refractivity contribution in [2.24, 2.45) is 4.99 Å². The van der Waals surface area contributed by atoms with Crippen molar-refractivity contribution in [3.8, 4) is 0 Å². The second-order valence-electron chi connectivity index (χ2n) is 5.83. The molecule has 0 heterocycles. The van der Waals surface area contributed by atoms with Crippen molar-refractivity contribution in [1.29, 1.82) is 0 Å². The fourth-order valence-electron chi connectivity index (χ4n) is 2.62. The molecule has 0 aromatic carbocycles. The summed E-state index contributed by atoms with van der Waals surface area (Å²) in [5.41, 5.74) is 0. The van der Waals surface area contributed by atoms with Crippen LogP contribution in [0.3, 0.4) is 0 Å². The molecule has 1 rings (SSSR count). The lowest BCUT2D eigenvalue weighted by Gasteiger charge is -2.30. The number of likely N-dealkylation sites (N-methyl/N-ethyl adjacent to an activating group) is 1. The molecule has 1 aliphatic carbocycles. The van der Waals surface area contributed by atoms with Gasteiger partial charge in [-0.1, -0.05) is 19.3 Å². The summed E-state index contributed by atoms with van der Waals surface area (Å²) in [6.45, 7) is 9.22. The van der Waals surface area contributed by atoms with Crippen LogP contribution in [-0.4, -0.2) is 49.6 Å². The fourth-order valence-corrected chi connectivity index (χ4v) is 2.62. The van der Waals surface area contributed by atoms with Gasteiger partial charge in [0.05, 0.1) is 6.54 Å². The first kappa shape index (κ1) is 16.3. The Labute approximate surface area is 119 Å². The lowest BCUT2D eigenvalue weighted by atomic mass is 9.94. The zero-order valence-electron chi connectivity index (χ0n) is 13.2. The van der Waals surface area contributed by atoms with Gasteiger partial charge in [0.25, 0.3) is 0 Å². The predicted molar refractivity (Wildman–Crippen MR) is 83.8 cm³/mol. The van der Waals surface area contributed by atoms with Gasteiger partial charge >= 0.3 is 0 Å². The van der Waals surface area contributed by atoms with Gasteiger partial charge in [-0.05, 0) is 40.7 Å². The molecule has 0 aliphatic heterocycles. The molecule has 1 fully saturated rings. The van der Waals surface area contributed by atoms with Crippen molar-refractivity contribution in [1.82, 2.24) is 15.5 Å². The van der Waals surface area contributed by atoms with E-state index < -0.39 is 0 Å². The van der Waals surface area contributed by atoms with Crippen LogP contribution in [0.1, 0.15) is 52.9 Å². The van der Waals surface area contributed by atoms with Crippen molar-refractivity contribution in [2.45, 2.75) is 65.0 Å². The van der Waals surface area contributed by atoms with Crippen molar-refractivity contribution >= 4 is 5.96 Å². The van der Waals surface area contributed by atoms with E-state index in [-0.39, 0.29) is 0 Å². The molecule has 0 saturated heterocycles. The normalized spacial score (nSPS) is 18.1. The molecule has 0 amide bonds. The Hall–Kier alpha value is -0.770. The SMILES string of the molecule is CCNC(=NCCN(C)C1CCCCC1)NC(C)C. The van der Waals surface area contributed by atoms with E-state index in [4.69, 9.17) is 0 Å². The highest BCUT2D eigenvalue weighted by Gasteiger charge is 2.17. The molecule has 0 bridgehead atoms. The summed E-state index contributed by atoms with van der Waals surface area (Å²) in [6.07, 6.45) is 6.95. The number of guanidine groups is 1. The molecule has 1 saturated carbocycles. The highest BCUT2D eigenvalue weighted by molar-refractivity contribution is 5.79. The van der Waals surface area contributed by atoms with Gasteiger partial charge in [0.1, 0.15) is 0 Å². The Morgan fingerprint density at radius 2 is 1.95 bits per heavy atom. The number of aliphatic imine (C=N–C) groups is 1. The molecule has 4 heteroatoms. The highest BCUT2D eigenvalue weighted by atomic mass is 15.2.